The van der Waals surface area contributed by atoms with Gasteiger partial charge in [0.15, 0.2) is 0 Å². The molecule has 0 amide bonds. The van der Waals surface area contributed by atoms with E-state index in [1.807, 2.05) is 39.8 Å². The van der Waals surface area contributed by atoms with Crippen LogP contribution in [-0.2, 0) is 0 Å². The van der Waals surface area contributed by atoms with Crippen molar-refractivity contribution in [2.45, 2.75) is 27.7 Å². The van der Waals surface area contributed by atoms with Gasteiger partial charge in [0.25, 0.3) is 0 Å². The molecule has 5 heteroatoms. The van der Waals surface area contributed by atoms with Gasteiger partial charge in [-0.3, -0.25) is 10.9 Å². The Kier molecular flexibility index (Phi) is 7.97. The molecule has 0 aromatic heterocycles. The summed E-state index contributed by atoms with van der Waals surface area (Å²) in [5, 5.41) is 8.21. The molecule has 2 N–H and O–H groups in total. The third kappa shape index (κ3) is 7.87. The van der Waals surface area contributed by atoms with Gasteiger partial charge in [-0.2, -0.15) is 10.2 Å². The standard InChI is InChI=1S/C11H18N4S/c1-5-9(3)7-12-14-11(16)15-13-8-10(4)6-2/h5-8H,1-4H3,(H2,14,15,16)/b9-5+,10-6+,12-7-,13-8+. The lowest BCUT2D eigenvalue weighted by Gasteiger charge is -2.00. The summed E-state index contributed by atoms with van der Waals surface area (Å²) in [6, 6.07) is 0. The molecule has 0 radical (unpaired) electrons. The first-order valence-corrected chi connectivity index (χ1v) is 5.39. The summed E-state index contributed by atoms with van der Waals surface area (Å²) in [7, 11) is 0. The number of hydrogen-bond acceptors (Lipinski definition) is 3. The van der Waals surface area contributed by atoms with Crippen LogP contribution >= 0.6 is 12.2 Å². The lowest BCUT2D eigenvalue weighted by molar-refractivity contribution is 0.934. The maximum Gasteiger partial charge on any atom is 0.207 e. The Hall–Kier alpha value is -1.49. The highest BCUT2D eigenvalue weighted by molar-refractivity contribution is 7.80. The number of hydrazone groups is 2. The van der Waals surface area contributed by atoms with Crippen LogP contribution in [0.1, 0.15) is 27.7 Å². The second kappa shape index (κ2) is 8.79. The molecule has 0 aromatic rings. The number of hydrogen-bond donors (Lipinski definition) is 2. The number of nitrogens with zero attached hydrogens (tertiary/aromatic N) is 2. The summed E-state index contributed by atoms with van der Waals surface area (Å²) >= 11 is 4.94. The fourth-order valence-electron chi connectivity index (χ4n) is 0.560. The van der Waals surface area contributed by atoms with Crippen LogP contribution in [0.2, 0.25) is 0 Å². The smallest absolute Gasteiger partial charge is 0.207 e. The summed E-state index contributed by atoms with van der Waals surface area (Å²) in [6.45, 7) is 7.80. The third-order valence-electron chi connectivity index (χ3n) is 1.78. The van der Waals surface area contributed by atoms with Crippen LogP contribution in [0.4, 0.5) is 0 Å². The predicted octanol–water partition coefficient (Wildman–Crippen LogP) is 2.35. The van der Waals surface area contributed by atoms with Crippen molar-refractivity contribution >= 4 is 29.8 Å². The SMILES string of the molecule is C/C=C(C)/C=N\NC(=S)N/N=C/C(C)=C/C. The highest BCUT2D eigenvalue weighted by Gasteiger charge is 1.88. The Morgan fingerprint density at radius 3 is 1.62 bits per heavy atom. The van der Waals surface area contributed by atoms with Crippen LogP contribution in [0.25, 0.3) is 0 Å². The summed E-state index contributed by atoms with van der Waals surface area (Å²) < 4.78 is 0. The van der Waals surface area contributed by atoms with Gasteiger partial charge in [0.05, 0.1) is 0 Å². The van der Waals surface area contributed by atoms with E-state index in [-0.39, 0.29) is 0 Å². The Bertz CT molecular complexity index is 308. The van der Waals surface area contributed by atoms with Gasteiger partial charge < -0.3 is 0 Å². The molecule has 0 aliphatic rings. The van der Waals surface area contributed by atoms with Gasteiger partial charge in [-0.15, -0.1) is 0 Å². The number of nitrogens with one attached hydrogen (secondary N) is 2. The van der Waals surface area contributed by atoms with E-state index in [2.05, 4.69) is 21.1 Å². The fraction of sp³-hybridized carbons (Fsp3) is 0.364. The van der Waals surface area contributed by atoms with E-state index in [1.54, 1.807) is 12.4 Å². The highest BCUT2D eigenvalue weighted by Crippen LogP contribution is 1.85. The Morgan fingerprint density at radius 1 is 0.938 bits per heavy atom. The Balaban J connectivity index is 3.93. The van der Waals surface area contributed by atoms with Crippen LogP contribution in [0.3, 0.4) is 0 Å². The lowest BCUT2D eigenvalue weighted by atomic mass is 10.3. The van der Waals surface area contributed by atoms with E-state index in [0.29, 0.717) is 5.11 Å². The van der Waals surface area contributed by atoms with Crippen molar-refractivity contribution in [1.82, 2.24) is 10.9 Å². The van der Waals surface area contributed by atoms with Gasteiger partial charge >= 0.3 is 0 Å². The van der Waals surface area contributed by atoms with Crippen LogP contribution in [-0.4, -0.2) is 17.5 Å². The van der Waals surface area contributed by atoms with Gasteiger partial charge in [-0.1, -0.05) is 12.2 Å². The first-order valence-electron chi connectivity index (χ1n) is 4.98. The maximum atomic E-state index is 4.94. The molecule has 0 aliphatic heterocycles. The molecule has 0 fully saturated rings. The van der Waals surface area contributed by atoms with Crippen molar-refractivity contribution in [3.05, 3.63) is 23.3 Å². The van der Waals surface area contributed by atoms with Gasteiger partial charge in [-0.25, -0.2) is 0 Å². The third-order valence-corrected chi connectivity index (χ3v) is 1.96. The average molecular weight is 238 g/mol. The molecule has 0 bridgehead atoms. The summed E-state index contributed by atoms with van der Waals surface area (Å²) in [5.74, 6) is 0. The number of allylic oxidation sites excluding steroid dienone is 4. The van der Waals surface area contributed by atoms with Crippen LogP contribution in [0.15, 0.2) is 33.5 Å². The molecular formula is C11H18N4S. The fourth-order valence-corrected chi connectivity index (χ4v) is 0.665. The van der Waals surface area contributed by atoms with Crippen molar-refractivity contribution in [3.63, 3.8) is 0 Å². The van der Waals surface area contributed by atoms with Gasteiger partial charge in [0.2, 0.25) is 5.11 Å². The average Bonchev–Trinajstić information content (AvgIpc) is 2.28. The van der Waals surface area contributed by atoms with Gasteiger partial charge in [0.1, 0.15) is 0 Å². The van der Waals surface area contributed by atoms with Gasteiger partial charge in [0, 0.05) is 12.4 Å². The van der Waals surface area contributed by atoms with E-state index >= 15 is 0 Å². The molecule has 4 nitrogen and oxygen atoms in total. The van der Waals surface area contributed by atoms with E-state index in [4.69, 9.17) is 12.2 Å². The molecule has 16 heavy (non-hydrogen) atoms. The van der Waals surface area contributed by atoms with Crippen molar-refractivity contribution in [1.29, 1.82) is 0 Å². The second-order valence-corrected chi connectivity index (χ2v) is 3.54. The topological polar surface area (TPSA) is 48.8 Å². The minimum atomic E-state index is 0.361. The quantitative estimate of drug-likeness (QED) is 0.449. The monoisotopic (exact) mass is 238 g/mol. The van der Waals surface area contributed by atoms with Gasteiger partial charge in [-0.05, 0) is 51.1 Å². The molecule has 0 unspecified atom stereocenters. The molecular weight excluding hydrogens is 220 g/mol. The molecule has 88 valence electrons. The van der Waals surface area contributed by atoms with Crippen LogP contribution in [0, 0.1) is 0 Å². The normalized spacial score (nSPS) is 13.5. The van der Waals surface area contributed by atoms with Crippen molar-refractivity contribution in [2.24, 2.45) is 10.2 Å². The number of thiocarbonyl (C=S) groups is 1. The summed E-state index contributed by atoms with van der Waals surface area (Å²) in [6.07, 6.45) is 7.29. The molecule has 0 spiro atoms. The predicted molar refractivity (Wildman–Crippen MR) is 74.7 cm³/mol. The summed E-state index contributed by atoms with van der Waals surface area (Å²) in [5.41, 5.74) is 7.43. The molecule has 0 atom stereocenters. The second-order valence-electron chi connectivity index (χ2n) is 3.13. The molecule has 0 aromatic carbocycles. The Labute approximate surface area is 102 Å². The van der Waals surface area contributed by atoms with Crippen molar-refractivity contribution < 1.29 is 0 Å². The molecule has 0 saturated heterocycles. The van der Waals surface area contributed by atoms with Crippen molar-refractivity contribution in [3.8, 4) is 0 Å². The van der Waals surface area contributed by atoms with E-state index in [9.17, 15) is 0 Å². The van der Waals surface area contributed by atoms with E-state index in [1.165, 1.54) is 0 Å². The maximum absolute atomic E-state index is 4.94. The minimum Gasteiger partial charge on any atom is -0.252 e. The molecule has 0 rings (SSSR count). The first-order chi connectivity index (χ1) is 7.60. The van der Waals surface area contributed by atoms with E-state index in [0.717, 1.165) is 11.1 Å². The summed E-state index contributed by atoms with van der Waals surface area (Å²) in [4.78, 5) is 0. The zero-order chi connectivity index (χ0) is 12.4. The largest absolute Gasteiger partial charge is 0.252 e. The Morgan fingerprint density at radius 2 is 1.31 bits per heavy atom. The van der Waals surface area contributed by atoms with Crippen LogP contribution < -0.4 is 10.9 Å². The zero-order valence-corrected chi connectivity index (χ0v) is 10.9. The van der Waals surface area contributed by atoms with E-state index < -0.39 is 0 Å². The molecule has 0 aliphatic carbocycles. The highest BCUT2D eigenvalue weighted by atomic mass is 32.1. The van der Waals surface area contributed by atoms with Crippen LogP contribution in [0.5, 0.6) is 0 Å². The molecule has 0 heterocycles. The lowest BCUT2D eigenvalue weighted by Crippen LogP contribution is -2.28. The first kappa shape index (κ1) is 14.5. The minimum absolute atomic E-state index is 0.361. The zero-order valence-electron chi connectivity index (χ0n) is 10.1. The number of rotatable bonds is 4. The van der Waals surface area contributed by atoms with Crippen molar-refractivity contribution in [2.75, 3.05) is 0 Å². The molecule has 0 saturated carbocycles.